The monoisotopic (exact) mass is 492 g/mol. The molecule has 0 amide bonds. The number of rotatable bonds is 13. The zero-order valence-electron chi connectivity index (χ0n) is 20.5. The van der Waals surface area contributed by atoms with Crippen LogP contribution in [0.3, 0.4) is 0 Å². The van der Waals surface area contributed by atoms with Crippen LogP contribution in [0.4, 0.5) is 0 Å². The van der Waals surface area contributed by atoms with Gasteiger partial charge in [0.15, 0.2) is 6.23 Å². The van der Waals surface area contributed by atoms with Crippen LogP contribution in [0.2, 0.25) is 5.02 Å². The first-order chi connectivity index (χ1) is 16.3. The molecule has 34 heavy (non-hydrogen) atoms. The minimum absolute atomic E-state index is 0.348. The van der Waals surface area contributed by atoms with Gasteiger partial charge in [-0.3, -0.25) is 10.1 Å². The molecule has 0 aliphatic rings. The van der Waals surface area contributed by atoms with E-state index in [9.17, 15) is 4.79 Å². The van der Waals surface area contributed by atoms with Crippen molar-refractivity contribution in [3.05, 3.63) is 52.1 Å². The Morgan fingerprint density at radius 1 is 0.971 bits per heavy atom. The van der Waals surface area contributed by atoms with Gasteiger partial charge in [0, 0.05) is 49.3 Å². The molecule has 0 fully saturated rings. The molecule has 1 atom stereocenters. The van der Waals surface area contributed by atoms with Gasteiger partial charge in [-0.15, -0.1) is 0 Å². The summed E-state index contributed by atoms with van der Waals surface area (Å²) in [5, 5.41) is 7.24. The first-order valence-electron chi connectivity index (χ1n) is 10.7. The Labute approximate surface area is 206 Å². The van der Waals surface area contributed by atoms with Gasteiger partial charge in [0.05, 0.1) is 34.0 Å². The summed E-state index contributed by atoms with van der Waals surface area (Å²) in [6.45, 7) is 4.63. The lowest BCUT2D eigenvalue weighted by atomic mass is 10.1. The Morgan fingerprint density at radius 3 is 2.18 bits per heavy atom. The first-order valence-corrected chi connectivity index (χ1v) is 11.1. The second kappa shape index (κ2) is 13.7. The maximum Gasteiger partial charge on any atom is 0.304 e. The van der Waals surface area contributed by atoms with Crippen molar-refractivity contribution in [3.63, 3.8) is 0 Å². The maximum absolute atomic E-state index is 11.3. The van der Waals surface area contributed by atoms with Crippen molar-refractivity contribution in [1.82, 2.24) is 10.6 Å². The molecule has 0 saturated carbocycles. The van der Waals surface area contributed by atoms with Gasteiger partial charge in [-0.1, -0.05) is 11.6 Å². The second-order valence-corrected chi connectivity index (χ2v) is 7.87. The Morgan fingerprint density at radius 2 is 1.62 bits per heavy atom. The third-order valence-corrected chi connectivity index (χ3v) is 5.22. The summed E-state index contributed by atoms with van der Waals surface area (Å²) >= 11 is 6.21. The minimum Gasteiger partial charge on any atom is -0.496 e. The van der Waals surface area contributed by atoms with Gasteiger partial charge >= 0.3 is 5.97 Å². The smallest absolute Gasteiger partial charge is 0.304 e. The van der Waals surface area contributed by atoms with Crippen molar-refractivity contribution in [3.8, 4) is 23.0 Å². The number of benzene rings is 2. The van der Waals surface area contributed by atoms with Crippen molar-refractivity contribution in [1.29, 1.82) is 0 Å². The van der Waals surface area contributed by atoms with Crippen LogP contribution in [0.1, 0.15) is 25.0 Å². The number of carbonyl (C=O) groups excluding carboxylic acids is 1. The molecule has 0 spiro atoms. The van der Waals surface area contributed by atoms with Crippen LogP contribution < -0.4 is 29.6 Å². The van der Waals surface area contributed by atoms with Crippen molar-refractivity contribution in [2.75, 3.05) is 41.5 Å². The van der Waals surface area contributed by atoms with Crippen LogP contribution in [0.5, 0.6) is 23.0 Å². The number of hydrogen-bond acceptors (Lipinski definition) is 8. The van der Waals surface area contributed by atoms with Gasteiger partial charge in [-0.2, -0.15) is 0 Å². The SMILES string of the molecule is COc1cc(OC)c(CNC/C(=C\c2cc(Cl)ccc2OC)CNC(C)OC(C)=O)c(OC)c1. The number of halogens is 1. The average Bonchev–Trinajstić information content (AvgIpc) is 2.81. The third kappa shape index (κ3) is 8.13. The number of esters is 1. The highest BCUT2D eigenvalue weighted by atomic mass is 35.5. The van der Waals surface area contributed by atoms with E-state index in [0.29, 0.717) is 47.7 Å². The Hall–Kier alpha value is -2.94. The first kappa shape index (κ1) is 27.3. The van der Waals surface area contributed by atoms with Crippen LogP contribution >= 0.6 is 11.6 Å². The number of hydrogen-bond donors (Lipinski definition) is 2. The van der Waals surface area contributed by atoms with E-state index in [1.165, 1.54) is 6.92 Å². The topological polar surface area (TPSA) is 87.3 Å². The van der Waals surface area contributed by atoms with Crippen LogP contribution in [0.25, 0.3) is 6.08 Å². The van der Waals surface area contributed by atoms with E-state index in [4.69, 9.17) is 35.3 Å². The molecule has 0 radical (unpaired) electrons. The van der Waals surface area contributed by atoms with E-state index in [0.717, 1.165) is 16.7 Å². The van der Waals surface area contributed by atoms with Gasteiger partial charge in [0.2, 0.25) is 0 Å². The van der Waals surface area contributed by atoms with Crippen molar-refractivity contribution >= 4 is 23.6 Å². The van der Waals surface area contributed by atoms with Crippen LogP contribution in [0, 0.1) is 0 Å². The lowest BCUT2D eigenvalue weighted by Gasteiger charge is -2.18. The fraction of sp³-hybridized carbons (Fsp3) is 0.400. The summed E-state index contributed by atoms with van der Waals surface area (Å²) < 4.78 is 27.1. The Balaban J connectivity index is 2.24. The molecule has 1 unspecified atom stereocenters. The lowest BCUT2D eigenvalue weighted by molar-refractivity contribution is -0.146. The summed E-state index contributed by atoms with van der Waals surface area (Å²) in [5.41, 5.74) is 2.70. The molecular weight excluding hydrogens is 460 g/mol. The molecule has 0 aliphatic heterocycles. The summed E-state index contributed by atoms with van der Waals surface area (Å²) in [7, 11) is 6.42. The largest absolute Gasteiger partial charge is 0.496 e. The summed E-state index contributed by atoms with van der Waals surface area (Å²) in [5.74, 6) is 2.32. The lowest BCUT2D eigenvalue weighted by Crippen LogP contribution is -2.33. The number of methoxy groups -OCH3 is 4. The molecule has 0 bridgehead atoms. The van der Waals surface area contributed by atoms with E-state index >= 15 is 0 Å². The van der Waals surface area contributed by atoms with Gasteiger partial charge in [-0.25, -0.2) is 0 Å². The molecule has 2 aromatic carbocycles. The molecule has 9 heteroatoms. The fourth-order valence-electron chi connectivity index (χ4n) is 3.37. The highest BCUT2D eigenvalue weighted by Gasteiger charge is 2.14. The van der Waals surface area contributed by atoms with Gasteiger partial charge in [0.25, 0.3) is 0 Å². The molecule has 186 valence electrons. The summed E-state index contributed by atoms with van der Waals surface area (Å²) in [6.07, 6.45) is 1.55. The van der Waals surface area contributed by atoms with Crippen molar-refractivity contribution < 1.29 is 28.5 Å². The highest BCUT2D eigenvalue weighted by molar-refractivity contribution is 6.30. The number of nitrogens with one attached hydrogen (secondary N) is 2. The molecule has 0 aliphatic carbocycles. The Kier molecular flexibility index (Phi) is 11.0. The predicted octanol–water partition coefficient (Wildman–Crippen LogP) is 4.05. The highest BCUT2D eigenvalue weighted by Crippen LogP contribution is 2.34. The molecule has 2 aromatic rings. The van der Waals surface area contributed by atoms with E-state index in [1.807, 2.05) is 30.3 Å². The molecule has 2 N–H and O–H groups in total. The van der Waals surface area contributed by atoms with E-state index in [-0.39, 0.29) is 5.97 Å². The number of carbonyl (C=O) groups is 1. The molecule has 0 heterocycles. The standard InChI is InChI=1S/C25H33ClN2O6/c1-16(34-17(2)29)28-14-18(9-19-10-20(26)7-8-23(19)31-4)13-27-15-22-24(32-5)11-21(30-3)12-25(22)33-6/h7-12,16,27-28H,13-15H2,1-6H3/b18-9+. The quantitative estimate of drug-likeness (QED) is 0.320. The van der Waals surface area contributed by atoms with Crippen molar-refractivity contribution in [2.24, 2.45) is 0 Å². The average molecular weight is 493 g/mol. The van der Waals surface area contributed by atoms with E-state index in [1.54, 1.807) is 41.4 Å². The van der Waals surface area contributed by atoms with E-state index < -0.39 is 6.23 Å². The molecule has 0 saturated heterocycles. The van der Waals surface area contributed by atoms with Gasteiger partial charge < -0.3 is 29.0 Å². The fourth-order valence-corrected chi connectivity index (χ4v) is 3.55. The molecular formula is C25H33ClN2O6. The van der Waals surface area contributed by atoms with Gasteiger partial charge in [0.1, 0.15) is 23.0 Å². The maximum atomic E-state index is 11.3. The Bertz CT molecular complexity index is 970. The van der Waals surface area contributed by atoms with Crippen molar-refractivity contribution in [2.45, 2.75) is 26.6 Å². The molecule has 0 aromatic heterocycles. The zero-order chi connectivity index (χ0) is 25.1. The van der Waals surface area contributed by atoms with Gasteiger partial charge in [-0.05, 0) is 36.8 Å². The zero-order valence-corrected chi connectivity index (χ0v) is 21.2. The van der Waals surface area contributed by atoms with Crippen LogP contribution in [-0.4, -0.2) is 53.7 Å². The molecule has 8 nitrogen and oxygen atoms in total. The number of ether oxygens (including phenoxy) is 5. The normalized spacial score (nSPS) is 12.1. The minimum atomic E-state index is -0.441. The van der Waals surface area contributed by atoms with Crippen LogP contribution in [-0.2, 0) is 16.1 Å². The second-order valence-electron chi connectivity index (χ2n) is 7.44. The predicted molar refractivity (Wildman–Crippen MR) is 133 cm³/mol. The molecule has 2 rings (SSSR count). The summed E-state index contributed by atoms with van der Waals surface area (Å²) in [4.78, 5) is 11.3. The van der Waals surface area contributed by atoms with Crippen LogP contribution in [0.15, 0.2) is 35.9 Å². The third-order valence-electron chi connectivity index (χ3n) is 4.98. The summed E-state index contributed by atoms with van der Waals surface area (Å²) in [6, 6.07) is 9.07. The van der Waals surface area contributed by atoms with E-state index in [2.05, 4.69) is 10.6 Å².